The predicted octanol–water partition coefficient (Wildman–Crippen LogP) is 3.70. The molecule has 37 heavy (non-hydrogen) atoms. The molecule has 0 atom stereocenters. The van der Waals surface area contributed by atoms with Crippen LogP contribution in [0.25, 0.3) is 16.9 Å². The number of carbonyl (C=O) groups excluding carboxylic acids is 1. The van der Waals surface area contributed by atoms with E-state index in [1.165, 1.54) is 23.4 Å². The number of nitrogens with zero attached hydrogens (tertiary/aromatic N) is 2. The summed E-state index contributed by atoms with van der Waals surface area (Å²) in [4.78, 5) is 26.6. The van der Waals surface area contributed by atoms with Gasteiger partial charge >= 0.3 is 5.69 Å². The molecule has 190 valence electrons. The normalized spacial score (nSPS) is 11.8. The molecule has 0 aliphatic carbocycles. The van der Waals surface area contributed by atoms with Gasteiger partial charge in [-0.3, -0.25) is 13.9 Å². The van der Waals surface area contributed by atoms with E-state index in [0.717, 1.165) is 0 Å². The number of hydrogen-bond donors (Lipinski definition) is 1. The lowest BCUT2D eigenvalue weighted by Crippen LogP contribution is -2.29. The van der Waals surface area contributed by atoms with Crippen LogP contribution in [0.1, 0.15) is 0 Å². The van der Waals surface area contributed by atoms with Crippen LogP contribution < -0.4 is 34.7 Å². The molecule has 1 aromatic heterocycles. The Labute approximate surface area is 212 Å². The van der Waals surface area contributed by atoms with E-state index in [-0.39, 0.29) is 24.9 Å². The SMILES string of the molecule is COc1ccc(-n2cc(-c3ccc4c(c3)OCO4)n(CC(=O)Nc3ccc(OC)c(OC)c3)c2=O)cc1. The number of aromatic nitrogens is 2. The highest BCUT2D eigenvalue weighted by Gasteiger charge is 2.20. The number of methoxy groups -OCH3 is 3. The molecular weight excluding hydrogens is 478 g/mol. The summed E-state index contributed by atoms with van der Waals surface area (Å²) in [6.45, 7) is -0.0910. The second-order valence-corrected chi connectivity index (χ2v) is 8.14. The summed E-state index contributed by atoms with van der Waals surface area (Å²) in [6, 6.07) is 17.5. The first-order valence-corrected chi connectivity index (χ1v) is 11.4. The zero-order valence-corrected chi connectivity index (χ0v) is 20.5. The van der Waals surface area contributed by atoms with E-state index in [2.05, 4.69) is 5.32 Å². The number of carbonyl (C=O) groups is 1. The van der Waals surface area contributed by atoms with Gasteiger partial charge in [0.05, 0.1) is 32.7 Å². The first-order chi connectivity index (χ1) is 18.0. The van der Waals surface area contributed by atoms with E-state index in [1.54, 1.807) is 67.9 Å². The minimum Gasteiger partial charge on any atom is -0.497 e. The smallest absolute Gasteiger partial charge is 0.333 e. The number of benzene rings is 3. The molecule has 0 saturated carbocycles. The topological polar surface area (TPSA) is 102 Å². The Balaban J connectivity index is 1.51. The van der Waals surface area contributed by atoms with Gasteiger partial charge in [0.25, 0.3) is 0 Å². The fourth-order valence-electron chi connectivity index (χ4n) is 4.11. The van der Waals surface area contributed by atoms with Gasteiger partial charge in [0.15, 0.2) is 23.0 Å². The van der Waals surface area contributed by atoms with Crippen molar-refractivity contribution in [1.82, 2.24) is 9.13 Å². The fraction of sp³-hybridized carbons (Fsp3) is 0.185. The van der Waals surface area contributed by atoms with Gasteiger partial charge in [-0.25, -0.2) is 4.79 Å². The molecule has 10 nitrogen and oxygen atoms in total. The van der Waals surface area contributed by atoms with Crippen LogP contribution in [-0.2, 0) is 11.3 Å². The van der Waals surface area contributed by atoms with Crippen LogP contribution in [-0.4, -0.2) is 43.2 Å². The molecule has 0 spiro atoms. The lowest BCUT2D eigenvalue weighted by Gasteiger charge is -2.12. The van der Waals surface area contributed by atoms with Crippen molar-refractivity contribution in [3.63, 3.8) is 0 Å². The maximum Gasteiger partial charge on any atom is 0.333 e. The summed E-state index contributed by atoms with van der Waals surface area (Å²) in [6.07, 6.45) is 1.70. The molecule has 1 aliphatic heterocycles. The van der Waals surface area contributed by atoms with Gasteiger partial charge in [0, 0.05) is 23.5 Å². The largest absolute Gasteiger partial charge is 0.497 e. The third kappa shape index (κ3) is 4.68. The van der Waals surface area contributed by atoms with Crippen molar-refractivity contribution in [2.75, 3.05) is 33.4 Å². The fourth-order valence-corrected chi connectivity index (χ4v) is 4.11. The van der Waals surface area contributed by atoms with Crippen LogP contribution in [0.4, 0.5) is 5.69 Å². The monoisotopic (exact) mass is 503 g/mol. The number of rotatable bonds is 8. The maximum absolute atomic E-state index is 13.5. The number of nitrogens with one attached hydrogen (secondary N) is 1. The molecule has 3 aromatic carbocycles. The van der Waals surface area contributed by atoms with Gasteiger partial charge in [-0.05, 0) is 54.6 Å². The van der Waals surface area contributed by atoms with E-state index in [0.29, 0.717) is 51.4 Å². The van der Waals surface area contributed by atoms with Crippen molar-refractivity contribution < 1.29 is 28.5 Å². The van der Waals surface area contributed by atoms with Crippen molar-refractivity contribution >= 4 is 11.6 Å². The van der Waals surface area contributed by atoms with Gasteiger partial charge in [-0.15, -0.1) is 0 Å². The van der Waals surface area contributed by atoms with Crippen molar-refractivity contribution in [3.8, 4) is 45.7 Å². The molecule has 1 amide bonds. The number of anilines is 1. The van der Waals surface area contributed by atoms with Crippen molar-refractivity contribution in [2.24, 2.45) is 0 Å². The quantitative estimate of drug-likeness (QED) is 0.391. The van der Waals surface area contributed by atoms with E-state index in [1.807, 2.05) is 6.07 Å². The van der Waals surface area contributed by atoms with Gasteiger partial charge < -0.3 is 29.0 Å². The van der Waals surface area contributed by atoms with Crippen LogP contribution in [0.3, 0.4) is 0 Å². The Morgan fingerprint density at radius 1 is 0.892 bits per heavy atom. The number of hydrogen-bond acceptors (Lipinski definition) is 7. The Bertz CT molecular complexity index is 1510. The van der Waals surface area contributed by atoms with Crippen LogP contribution in [0, 0.1) is 0 Å². The lowest BCUT2D eigenvalue weighted by molar-refractivity contribution is -0.116. The molecule has 0 radical (unpaired) electrons. The number of fused-ring (bicyclic) bond motifs is 1. The minimum absolute atomic E-state index is 0.131. The second kappa shape index (κ2) is 10.0. The number of imidazole rings is 1. The summed E-state index contributed by atoms with van der Waals surface area (Å²) in [5, 5.41) is 2.82. The lowest BCUT2D eigenvalue weighted by atomic mass is 10.1. The molecular formula is C27H25N3O7. The third-order valence-electron chi connectivity index (χ3n) is 5.97. The van der Waals surface area contributed by atoms with E-state index in [9.17, 15) is 9.59 Å². The van der Waals surface area contributed by atoms with Gasteiger partial charge in [-0.2, -0.15) is 0 Å². The number of ether oxygens (including phenoxy) is 5. The standard InChI is InChI=1S/C27H25N3O7/c1-33-20-8-6-19(7-9-20)29-14-21(17-4-10-23-25(12-17)37-16-36-23)30(27(29)32)15-26(31)28-18-5-11-22(34-2)24(13-18)35-3/h4-14H,15-16H2,1-3H3,(H,28,31). The third-order valence-corrected chi connectivity index (χ3v) is 5.97. The van der Waals surface area contributed by atoms with Crippen LogP contribution in [0.5, 0.6) is 28.7 Å². The Hall–Kier alpha value is -4.86. The summed E-state index contributed by atoms with van der Waals surface area (Å²) >= 11 is 0. The number of amides is 1. The molecule has 1 N–H and O–H groups in total. The molecule has 0 unspecified atom stereocenters. The zero-order chi connectivity index (χ0) is 25.9. The highest BCUT2D eigenvalue weighted by atomic mass is 16.7. The molecule has 0 fully saturated rings. The van der Waals surface area contributed by atoms with Crippen molar-refractivity contribution in [1.29, 1.82) is 0 Å². The molecule has 1 aliphatic rings. The average molecular weight is 504 g/mol. The minimum atomic E-state index is -0.385. The summed E-state index contributed by atoms with van der Waals surface area (Å²) < 4.78 is 29.6. The van der Waals surface area contributed by atoms with Gasteiger partial charge in [-0.1, -0.05) is 0 Å². The van der Waals surface area contributed by atoms with Crippen molar-refractivity contribution in [2.45, 2.75) is 6.54 Å². The van der Waals surface area contributed by atoms with Crippen LogP contribution >= 0.6 is 0 Å². The van der Waals surface area contributed by atoms with E-state index in [4.69, 9.17) is 23.7 Å². The Morgan fingerprint density at radius 3 is 2.38 bits per heavy atom. The summed E-state index contributed by atoms with van der Waals surface area (Å²) in [7, 11) is 4.63. The molecule has 4 aromatic rings. The highest BCUT2D eigenvalue weighted by Crippen LogP contribution is 2.36. The maximum atomic E-state index is 13.5. The molecule has 0 bridgehead atoms. The van der Waals surface area contributed by atoms with E-state index >= 15 is 0 Å². The van der Waals surface area contributed by atoms with Crippen LogP contribution in [0.2, 0.25) is 0 Å². The molecule has 0 saturated heterocycles. The Morgan fingerprint density at radius 2 is 1.65 bits per heavy atom. The second-order valence-electron chi connectivity index (χ2n) is 8.14. The summed E-state index contributed by atoms with van der Waals surface area (Å²) in [5.74, 6) is 2.50. The predicted molar refractivity (Wildman–Crippen MR) is 136 cm³/mol. The molecule has 10 heteroatoms. The first kappa shape index (κ1) is 23.9. The molecule has 2 heterocycles. The Kier molecular flexibility index (Phi) is 6.46. The zero-order valence-electron chi connectivity index (χ0n) is 20.5. The van der Waals surface area contributed by atoms with Crippen LogP contribution in [0.15, 0.2) is 71.7 Å². The molecule has 5 rings (SSSR count). The van der Waals surface area contributed by atoms with Gasteiger partial charge in [0.1, 0.15) is 12.3 Å². The first-order valence-electron chi connectivity index (χ1n) is 11.4. The van der Waals surface area contributed by atoms with E-state index < -0.39 is 0 Å². The summed E-state index contributed by atoms with van der Waals surface area (Å²) in [5.41, 5.74) is 2.01. The average Bonchev–Trinajstić information content (AvgIpc) is 3.52. The van der Waals surface area contributed by atoms with Gasteiger partial charge in [0.2, 0.25) is 12.7 Å². The highest BCUT2D eigenvalue weighted by molar-refractivity contribution is 5.91. The van der Waals surface area contributed by atoms with Crippen molar-refractivity contribution in [3.05, 3.63) is 77.3 Å².